The Morgan fingerprint density at radius 3 is 2.59 bits per heavy atom. The van der Waals surface area contributed by atoms with Crippen molar-refractivity contribution in [3.05, 3.63) is 52.5 Å². The summed E-state index contributed by atoms with van der Waals surface area (Å²) in [4.78, 5) is 12.5. The number of rotatable bonds is 9. The van der Waals surface area contributed by atoms with Crippen LogP contribution in [0.5, 0.6) is 11.5 Å². The Labute approximate surface area is 186 Å². The van der Waals surface area contributed by atoms with Gasteiger partial charge < -0.3 is 14.8 Å². The lowest BCUT2D eigenvalue weighted by Gasteiger charge is -2.15. The van der Waals surface area contributed by atoms with Crippen LogP contribution in [0.25, 0.3) is 0 Å². The van der Waals surface area contributed by atoms with Crippen LogP contribution in [0, 0.1) is 5.92 Å². The number of amides is 1. The second-order valence-electron chi connectivity index (χ2n) is 6.96. The monoisotopic (exact) mass is 478 g/mol. The number of para-hydroxylation sites is 2. The zero-order valence-electron chi connectivity index (χ0n) is 17.0. The quantitative estimate of drug-likeness (QED) is 0.352. The number of benzene rings is 2. The SMILES string of the molecule is CCCCOc1ccccc1NC(=S)NC(=O)c1ccc(OCC(C)C)c(Br)c1. The Kier molecular flexibility index (Phi) is 9.41. The lowest BCUT2D eigenvalue weighted by Crippen LogP contribution is -2.34. The van der Waals surface area contributed by atoms with Gasteiger partial charge in [0.1, 0.15) is 11.5 Å². The minimum absolute atomic E-state index is 0.206. The van der Waals surface area contributed by atoms with Crippen LogP contribution < -0.4 is 20.1 Å². The van der Waals surface area contributed by atoms with Gasteiger partial charge in [-0.2, -0.15) is 0 Å². The Morgan fingerprint density at radius 2 is 1.90 bits per heavy atom. The first-order chi connectivity index (χ1) is 13.9. The third-order valence-electron chi connectivity index (χ3n) is 3.88. The largest absolute Gasteiger partial charge is 0.492 e. The van der Waals surface area contributed by atoms with Crippen LogP contribution in [-0.4, -0.2) is 24.2 Å². The molecule has 29 heavy (non-hydrogen) atoms. The highest BCUT2D eigenvalue weighted by atomic mass is 79.9. The molecule has 0 aromatic heterocycles. The molecule has 0 aliphatic rings. The van der Waals surface area contributed by atoms with Crippen LogP contribution in [0.2, 0.25) is 0 Å². The molecule has 0 fully saturated rings. The van der Waals surface area contributed by atoms with Gasteiger partial charge in [0, 0.05) is 5.56 Å². The molecule has 0 saturated heterocycles. The van der Waals surface area contributed by atoms with Crippen LogP contribution in [0.15, 0.2) is 46.9 Å². The molecule has 156 valence electrons. The number of unbranched alkanes of at least 4 members (excludes halogenated alkanes) is 1. The molecular weight excluding hydrogens is 452 g/mol. The molecule has 0 aliphatic carbocycles. The van der Waals surface area contributed by atoms with Crippen molar-refractivity contribution in [1.82, 2.24) is 5.32 Å². The van der Waals surface area contributed by atoms with Gasteiger partial charge in [0.25, 0.3) is 5.91 Å². The normalized spacial score (nSPS) is 10.5. The van der Waals surface area contributed by atoms with E-state index < -0.39 is 0 Å². The number of hydrogen-bond acceptors (Lipinski definition) is 4. The highest BCUT2D eigenvalue weighted by Gasteiger charge is 2.12. The number of anilines is 1. The lowest BCUT2D eigenvalue weighted by molar-refractivity contribution is 0.0977. The molecule has 0 aliphatic heterocycles. The number of halogens is 1. The summed E-state index contributed by atoms with van der Waals surface area (Å²) in [6.07, 6.45) is 2.03. The van der Waals surface area contributed by atoms with E-state index in [9.17, 15) is 4.79 Å². The van der Waals surface area contributed by atoms with Gasteiger partial charge in [0.15, 0.2) is 5.11 Å². The number of thiocarbonyl (C=S) groups is 1. The molecule has 0 bridgehead atoms. The molecule has 2 aromatic rings. The molecule has 2 aromatic carbocycles. The van der Waals surface area contributed by atoms with Gasteiger partial charge in [-0.05, 0) is 70.8 Å². The van der Waals surface area contributed by atoms with Crippen molar-refractivity contribution in [3.8, 4) is 11.5 Å². The summed E-state index contributed by atoms with van der Waals surface area (Å²) in [7, 11) is 0. The molecule has 0 spiro atoms. The lowest BCUT2D eigenvalue weighted by atomic mass is 10.2. The van der Waals surface area contributed by atoms with Crippen LogP contribution >= 0.6 is 28.1 Å². The summed E-state index contributed by atoms with van der Waals surface area (Å²) in [6, 6.07) is 12.7. The topological polar surface area (TPSA) is 59.6 Å². The molecule has 1 amide bonds. The van der Waals surface area contributed by atoms with E-state index in [0.717, 1.165) is 17.3 Å². The maximum absolute atomic E-state index is 12.5. The van der Waals surface area contributed by atoms with E-state index in [1.807, 2.05) is 24.3 Å². The molecule has 0 unspecified atom stereocenters. The van der Waals surface area contributed by atoms with Crippen molar-refractivity contribution in [2.45, 2.75) is 33.6 Å². The Bertz CT molecular complexity index is 843. The molecule has 5 nitrogen and oxygen atoms in total. The number of nitrogens with one attached hydrogen (secondary N) is 2. The van der Waals surface area contributed by atoms with Crippen LogP contribution in [0.1, 0.15) is 44.0 Å². The van der Waals surface area contributed by atoms with E-state index in [2.05, 4.69) is 47.3 Å². The third kappa shape index (κ3) is 7.66. The van der Waals surface area contributed by atoms with Gasteiger partial charge in [-0.3, -0.25) is 10.1 Å². The highest BCUT2D eigenvalue weighted by molar-refractivity contribution is 9.10. The third-order valence-corrected chi connectivity index (χ3v) is 4.71. The average Bonchev–Trinajstić information content (AvgIpc) is 2.68. The first-order valence-electron chi connectivity index (χ1n) is 9.67. The van der Waals surface area contributed by atoms with Crippen molar-refractivity contribution in [2.24, 2.45) is 5.92 Å². The fourth-order valence-electron chi connectivity index (χ4n) is 2.37. The average molecular weight is 479 g/mol. The first-order valence-corrected chi connectivity index (χ1v) is 10.9. The zero-order valence-corrected chi connectivity index (χ0v) is 19.4. The van der Waals surface area contributed by atoms with E-state index in [1.165, 1.54) is 0 Å². The predicted octanol–water partition coefficient (Wildman–Crippen LogP) is 5.79. The summed E-state index contributed by atoms with van der Waals surface area (Å²) in [5, 5.41) is 5.94. The van der Waals surface area contributed by atoms with Gasteiger partial charge >= 0.3 is 0 Å². The fourth-order valence-corrected chi connectivity index (χ4v) is 3.06. The summed E-state index contributed by atoms with van der Waals surface area (Å²) in [5.41, 5.74) is 1.19. The summed E-state index contributed by atoms with van der Waals surface area (Å²) in [6.45, 7) is 7.51. The van der Waals surface area contributed by atoms with Crippen molar-refractivity contribution >= 4 is 44.9 Å². The van der Waals surface area contributed by atoms with Gasteiger partial charge in [0.05, 0.1) is 23.4 Å². The van der Waals surface area contributed by atoms with Crippen molar-refractivity contribution in [2.75, 3.05) is 18.5 Å². The van der Waals surface area contributed by atoms with E-state index >= 15 is 0 Å². The van der Waals surface area contributed by atoms with Gasteiger partial charge in [-0.1, -0.05) is 39.3 Å². The van der Waals surface area contributed by atoms with Gasteiger partial charge in [-0.25, -0.2) is 0 Å². The van der Waals surface area contributed by atoms with E-state index in [1.54, 1.807) is 18.2 Å². The Morgan fingerprint density at radius 1 is 1.14 bits per heavy atom. The Hall–Kier alpha value is -2.12. The molecular formula is C22H27BrN2O3S. The zero-order chi connectivity index (χ0) is 21.2. The smallest absolute Gasteiger partial charge is 0.257 e. The first kappa shape index (κ1) is 23.2. The van der Waals surface area contributed by atoms with E-state index in [-0.39, 0.29) is 11.0 Å². The molecule has 7 heteroatoms. The summed E-state index contributed by atoms with van der Waals surface area (Å²) in [5.74, 6) is 1.52. The van der Waals surface area contributed by atoms with Crippen LogP contribution in [0.4, 0.5) is 5.69 Å². The van der Waals surface area contributed by atoms with Crippen molar-refractivity contribution in [3.63, 3.8) is 0 Å². The maximum atomic E-state index is 12.5. The minimum atomic E-state index is -0.303. The van der Waals surface area contributed by atoms with Gasteiger partial charge in [-0.15, -0.1) is 0 Å². The molecule has 2 rings (SSSR count). The highest BCUT2D eigenvalue weighted by Crippen LogP contribution is 2.27. The fraction of sp³-hybridized carbons (Fsp3) is 0.364. The maximum Gasteiger partial charge on any atom is 0.257 e. The summed E-state index contributed by atoms with van der Waals surface area (Å²) >= 11 is 8.76. The second-order valence-corrected chi connectivity index (χ2v) is 8.22. The van der Waals surface area contributed by atoms with Crippen LogP contribution in [0.3, 0.4) is 0 Å². The number of ether oxygens (including phenoxy) is 2. The standard InChI is InChI=1S/C22H27BrN2O3S/c1-4-5-12-27-20-9-7-6-8-18(20)24-22(29)25-21(26)16-10-11-19(17(23)13-16)28-14-15(2)3/h6-11,13,15H,4-5,12,14H2,1-3H3,(H2,24,25,26,29). The predicted molar refractivity (Wildman–Crippen MR) is 125 cm³/mol. The molecule has 0 saturated carbocycles. The van der Waals surface area contributed by atoms with Crippen LogP contribution in [-0.2, 0) is 0 Å². The Balaban J connectivity index is 1.97. The molecule has 0 heterocycles. The summed E-state index contributed by atoms with van der Waals surface area (Å²) < 4.78 is 12.2. The molecule has 0 radical (unpaired) electrons. The second kappa shape index (κ2) is 11.8. The number of carbonyl (C=O) groups excluding carboxylic acids is 1. The minimum Gasteiger partial charge on any atom is -0.492 e. The number of hydrogen-bond donors (Lipinski definition) is 2. The van der Waals surface area contributed by atoms with Gasteiger partial charge in [0.2, 0.25) is 0 Å². The van der Waals surface area contributed by atoms with E-state index in [4.69, 9.17) is 21.7 Å². The van der Waals surface area contributed by atoms with Crippen molar-refractivity contribution in [1.29, 1.82) is 0 Å². The molecule has 0 atom stereocenters. The van der Waals surface area contributed by atoms with E-state index in [0.29, 0.717) is 41.9 Å². The molecule has 2 N–H and O–H groups in total. The van der Waals surface area contributed by atoms with Crippen molar-refractivity contribution < 1.29 is 14.3 Å². The number of carbonyl (C=O) groups is 1.